The zero-order valence-electron chi connectivity index (χ0n) is 8.15. The van der Waals surface area contributed by atoms with E-state index in [0.29, 0.717) is 13.0 Å². The van der Waals surface area contributed by atoms with E-state index in [0.717, 1.165) is 19.3 Å². The van der Waals surface area contributed by atoms with Crippen molar-refractivity contribution in [3.05, 3.63) is 0 Å². The molecule has 4 nitrogen and oxygen atoms in total. The quantitative estimate of drug-likeness (QED) is 0.377. The normalized spacial score (nSPS) is 13.5. The lowest BCUT2D eigenvalue weighted by atomic mass is 10.1. The van der Waals surface area contributed by atoms with Gasteiger partial charge in [-0.15, -0.1) is 12.3 Å². The summed E-state index contributed by atoms with van der Waals surface area (Å²) in [5, 5.41) is -0.815. The molecule has 0 saturated carbocycles. The second-order valence-electron chi connectivity index (χ2n) is 3.18. The Balaban J connectivity index is 3.95. The van der Waals surface area contributed by atoms with Crippen molar-refractivity contribution < 1.29 is 13.0 Å². The summed E-state index contributed by atoms with van der Waals surface area (Å²) in [5.41, 5.74) is 5.29. The predicted octanol–water partition coefficient (Wildman–Crippen LogP) is 0.785. The monoisotopic (exact) mass is 219 g/mol. The van der Waals surface area contributed by atoms with Gasteiger partial charge < -0.3 is 5.73 Å². The van der Waals surface area contributed by atoms with Crippen molar-refractivity contribution in [3.63, 3.8) is 0 Å². The Morgan fingerprint density at radius 2 is 2.00 bits per heavy atom. The van der Waals surface area contributed by atoms with Crippen LogP contribution in [0.25, 0.3) is 0 Å². The number of unbranched alkanes of at least 4 members (excludes halogenated alkanes) is 2. The molecule has 0 fully saturated rings. The van der Waals surface area contributed by atoms with Gasteiger partial charge >= 0.3 is 0 Å². The van der Waals surface area contributed by atoms with E-state index in [1.54, 1.807) is 0 Å². The molecule has 3 N–H and O–H groups in total. The summed E-state index contributed by atoms with van der Waals surface area (Å²) < 4.78 is 30.5. The van der Waals surface area contributed by atoms with E-state index in [4.69, 9.17) is 16.7 Å². The van der Waals surface area contributed by atoms with Gasteiger partial charge in [0.15, 0.2) is 0 Å². The molecule has 0 aromatic heterocycles. The molecule has 0 radical (unpaired) electrons. The average Bonchev–Trinajstić information content (AvgIpc) is 2.08. The Hall–Kier alpha value is -0.570. The second kappa shape index (κ2) is 6.82. The van der Waals surface area contributed by atoms with Crippen molar-refractivity contribution in [2.75, 3.05) is 6.54 Å². The molecule has 0 rings (SSSR count). The van der Waals surface area contributed by atoms with Crippen molar-refractivity contribution in [2.24, 2.45) is 5.73 Å². The van der Waals surface area contributed by atoms with Gasteiger partial charge in [0.2, 0.25) is 0 Å². The van der Waals surface area contributed by atoms with Crippen molar-refractivity contribution in [3.8, 4) is 12.3 Å². The molecule has 14 heavy (non-hydrogen) atoms. The molecule has 5 heteroatoms. The molecule has 0 aliphatic rings. The fourth-order valence-corrected chi connectivity index (χ4v) is 1.95. The topological polar surface area (TPSA) is 80.4 Å². The summed E-state index contributed by atoms with van der Waals surface area (Å²) >= 11 is 0. The Morgan fingerprint density at radius 1 is 1.36 bits per heavy atom. The van der Waals surface area contributed by atoms with Gasteiger partial charge in [-0.3, -0.25) is 4.55 Å². The molecule has 0 bridgehead atoms. The molecule has 0 aromatic rings. The van der Waals surface area contributed by atoms with Gasteiger partial charge in [-0.25, -0.2) is 0 Å². The van der Waals surface area contributed by atoms with Crippen LogP contribution >= 0.6 is 0 Å². The van der Waals surface area contributed by atoms with Crippen molar-refractivity contribution >= 4 is 10.1 Å². The lowest BCUT2D eigenvalue weighted by Gasteiger charge is -2.09. The van der Waals surface area contributed by atoms with Gasteiger partial charge in [0, 0.05) is 6.42 Å². The van der Waals surface area contributed by atoms with Crippen LogP contribution in [0.5, 0.6) is 0 Å². The molecule has 0 amide bonds. The molecule has 1 unspecified atom stereocenters. The maximum absolute atomic E-state index is 10.8. The van der Waals surface area contributed by atoms with Crippen molar-refractivity contribution in [2.45, 2.75) is 37.4 Å². The van der Waals surface area contributed by atoms with E-state index in [1.807, 2.05) is 0 Å². The van der Waals surface area contributed by atoms with Gasteiger partial charge in [-0.2, -0.15) is 8.42 Å². The predicted molar refractivity (Wildman–Crippen MR) is 56.3 cm³/mol. The summed E-state index contributed by atoms with van der Waals surface area (Å²) in [6.07, 6.45) is 7.95. The molecular formula is C9H17NO3S. The van der Waals surface area contributed by atoms with Crippen LogP contribution in [0.15, 0.2) is 0 Å². The van der Waals surface area contributed by atoms with Gasteiger partial charge in [-0.05, 0) is 19.4 Å². The highest BCUT2D eigenvalue weighted by Crippen LogP contribution is 2.13. The first-order valence-electron chi connectivity index (χ1n) is 4.62. The molecule has 82 valence electrons. The molecule has 0 saturated heterocycles. The highest BCUT2D eigenvalue weighted by atomic mass is 32.2. The summed E-state index contributed by atoms with van der Waals surface area (Å²) in [4.78, 5) is 0. The number of hydrogen-bond acceptors (Lipinski definition) is 3. The summed E-state index contributed by atoms with van der Waals surface area (Å²) in [5.74, 6) is 2.25. The minimum Gasteiger partial charge on any atom is -0.330 e. The van der Waals surface area contributed by atoms with E-state index in [-0.39, 0.29) is 6.42 Å². The third-order valence-electron chi connectivity index (χ3n) is 2.00. The van der Waals surface area contributed by atoms with Gasteiger partial charge in [0.05, 0.1) is 5.25 Å². The molecule has 0 aromatic carbocycles. The zero-order valence-corrected chi connectivity index (χ0v) is 8.96. The van der Waals surface area contributed by atoms with Crippen molar-refractivity contribution in [1.82, 2.24) is 0 Å². The molecule has 0 aliphatic carbocycles. The fourth-order valence-electron chi connectivity index (χ4n) is 1.18. The van der Waals surface area contributed by atoms with Crippen LogP contribution in [0, 0.1) is 12.3 Å². The highest BCUT2D eigenvalue weighted by molar-refractivity contribution is 7.86. The summed E-state index contributed by atoms with van der Waals surface area (Å²) in [6, 6.07) is 0. The van der Waals surface area contributed by atoms with E-state index in [1.165, 1.54) is 0 Å². The first-order valence-corrected chi connectivity index (χ1v) is 6.12. The number of terminal acetylenes is 1. The summed E-state index contributed by atoms with van der Waals surface area (Å²) in [6.45, 7) is 0.603. The van der Waals surface area contributed by atoms with E-state index in [2.05, 4.69) is 5.92 Å². The van der Waals surface area contributed by atoms with Crippen LogP contribution in [-0.2, 0) is 10.1 Å². The largest absolute Gasteiger partial charge is 0.330 e. The van der Waals surface area contributed by atoms with Crippen molar-refractivity contribution in [1.29, 1.82) is 0 Å². The zero-order chi connectivity index (χ0) is 11.0. The van der Waals surface area contributed by atoms with Crippen LogP contribution in [-0.4, -0.2) is 24.8 Å². The SMILES string of the molecule is C#CCC(CCCCCN)S(=O)(=O)O. The number of nitrogens with two attached hydrogens (primary N) is 1. The maximum atomic E-state index is 10.8. The van der Waals surface area contributed by atoms with Crippen LogP contribution in [0.4, 0.5) is 0 Å². The first kappa shape index (κ1) is 13.4. The Kier molecular flexibility index (Phi) is 6.54. The van der Waals surface area contributed by atoms with Crippen LogP contribution in [0.1, 0.15) is 32.1 Å². The summed E-state index contributed by atoms with van der Waals surface area (Å²) in [7, 11) is -3.99. The smallest absolute Gasteiger partial charge is 0.268 e. The van der Waals surface area contributed by atoms with E-state index >= 15 is 0 Å². The molecule has 0 heterocycles. The second-order valence-corrected chi connectivity index (χ2v) is 4.88. The molecule has 0 aliphatic heterocycles. The Morgan fingerprint density at radius 3 is 2.43 bits per heavy atom. The average molecular weight is 219 g/mol. The Bertz CT molecular complexity index is 279. The maximum Gasteiger partial charge on any atom is 0.268 e. The first-order chi connectivity index (χ1) is 6.52. The lowest BCUT2D eigenvalue weighted by Crippen LogP contribution is -2.19. The molecule has 1 atom stereocenters. The third kappa shape index (κ3) is 5.97. The van der Waals surface area contributed by atoms with Crippen LogP contribution in [0.2, 0.25) is 0 Å². The standard InChI is InChI=1S/C9H17NO3S/c1-2-6-9(14(11,12)13)7-4-3-5-8-10/h1,9H,3-8,10H2,(H,11,12,13). The molecular weight excluding hydrogens is 202 g/mol. The van der Waals surface area contributed by atoms with E-state index < -0.39 is 15.4 Å². The minimum absolute atomic E-state index is 0.0709. The van der Waals surface area contributed by atoms with Gasteiger partial charge in [0.25, 0.3) is 10.1 Å². The number of rotatable bonds is 7. The highest BCUT2D eigenvalue weighted by Gasteiger charge is 2.20. The Labute approximate surface area is 85.6 Å². The van der Waals surface area contributed by atoms with E-state index in [9.17, 15) is 8.42 Å². The fraction of sp³-hybridized carbons (Fsp3) is 0.778. The van der Waals surface area contributed by atoms with Gasteiger partial charge in [-0.1, -0.05) is 12.8 Å². The third-order valence-corrected chi connectivity index (χ3v) is 3.24. The van der Waals surface area contributed by atoms with Gasteiger partial charge in [0.1, 0.15) is 0 Å². The minimum atomic E-state index is -3.99. The lowest BCUT2D eigenvalue weighted by molar-refractivity contribution is 0.458. The number of hydrogen-bond donors (Lipinski definition) is 2. The van der Waals surface area contributed by atoms with Crippen LogP contribution in [0.3, 0.4) is 0 Å². The molecule has 0 spiro atoms. The van der Waals surface area contributed by atoms with Crippen LogP contribution < -0.4 is 5.73 Å².